The third-order valence-corrected chi connectivity index (χ3v) is 3.13. The molecule has 0 spiro atoms. The summed E-state index contributed by atoms with van der Waals surface area (Å²) < 4.78 is 5.59. The van der Waals surface area contributed by atoms with E-state index >= 15 is 0 Å². The Kier molecular flexibility index (Phi) is 4.47. The zero-order valence-electron chi connectivity index (χ0n) is 11.2. The molecule has 0 saturated carbocycles. The quantitative estimate of drug-likeness (QED) is 0.894. The highest BCUT2D eigenvalue weighted by Gasteiger charge is 2.04. The molecule has 19 heavy (non-hydrogen) atoms. The largest absolute Gasteiger partial charge is 0.438 e. The second-order valence-corrected chi connectivity index (χ2v) is 4.48. The fraction of sp³-hybridized carbons (Fsp3) is 0.333. The second kappa shape index (κ2) is 6.29. The van der Waals surface area contributed by atoms with E-state index in [-0.39, 0.29) is 6.61 Å². The zero-order chi connectivity index (χ0) is 13.7. The minimum atomic E-state index is -0.114. The van der Waals surface area contributed by atoms with Crippen molar-refractivity contribution < 1.29 is 9.84 Å². The molecule has 1 heterocycles. The molecule has 1 N–H and O–H groups in total. The van der Waals surface area contributed by atoms with Gasteiger partial charge in [-0.25, -0.2) is 4.98 Å². The highest BCUT2D eigenvalue weighted by Crippen LogP contribution is 2.23. The van der Waals surface area contributed by atoms with Crippen LogP contribution in [0.25, 0.3) is 0 Å². The van der Waals surface area contributed by atoms with E-state index in [1.165, 1.54) is 18.0 Å². The molecule has 0 aliphatic carbocycles. The van der Waals surface area contributed by atoms with E-state index < -0.39 is 0 Å². The standard InChI is InChI=1S/C15H18N2O2/c1-3-11(2)12-4-6-14(7-5-12)19-15-9-16-13(10-18)8-17-15/h4-9,11,18H,3,10H2,1-2H3. The predicted molar refractivity (Wildman–Crippen MR) is 73.2 cm³/mol. The van der Waals surface area contributed by atoms with Gasteiger partial charge in [-0.2, -0.15) is 0 Å². The molecule has 0 amide bonds. The molecule has 4 heteroatoms. The lowest BCUT2D eigenvalue weighted by Crippen LogP contribution is -1.94. The van der Waals surface area contributed by atoms with Crippen LogP contribution in [0.5, 0.6) is 11.6 Å². The Hall–Kier alpha value is -1.94. The first-order valence-corrected chi connectivity index (χ1v) is 6.42. The third-order valence-electron chi connectivity index (χ3n) is 3.13. The van der Waals surface area contributed by atoms with Gasteiger partial charge in [0.25, 0.3) is 0 Å². The van der Waals surface area contributed by atoms with Crippen LogP contribution in [0.4, 0.5) is 0 Å². The van der Waals surface area contributed by atoms with Crippen molar-refractivity contribution in [3.8, 4) is 11.6 Å². The molecule has 0 aliphatic heterocycles. The van der Waals surface area contributed by atoms with Crippen molar-refractivity contribution in [3.05, 3.63) is 47.9 Å². The van der Waals surface area contributed by atoms with Gasteiger partial charge >= 0.3 is 0 Å². The van der Waals surface area contributed by atoms with Crippen LogP contribution in [0.15, 0.2) is 36.7 Å². The van der Waals surface area contributed by atoms with Crippen molar-refractivity contribution in [1.82, 2.24) is 9.97 Å². The van der Waals surface area contributed by atoms with Gasteiger partial charge in [0.05, 0.1) is 24.7 Å². The van der Waals surface area contributed by atoms with E-state index in [0.717, 1.165) is 12.2 Å². The molecule has 0 bridgehead atoms. The molecule has 4 nitrogen and oxygen atoms in total. The van der Waals surface area contributed by atoms with Crippen LogP contribution in [0, 0.1) is 0 Å². The minimum absolute atomic E-state index is 0.114. The van der Waals surface area contributed by atoms with E-state index in [9.17, 15) is 0 Å². The van der Waals surface area contributed by atoms with Crippen LogP contribution in [0.3, 0.4) is 0 Å². The van der Waals surface area contributed by atoms with Gasteiger partial charge in [-0.1, -0.05) is 26.0 Å². The summed E-state index contributed by atoms with van der Waals surface area (Å²) in [6.07, 6.45) is 4.13. The van der Waals surface area contributed by atoms with E-state index in [0.29, 0.717) is 17.5 Å². The molecule has 1 atom stereocenters. The average Bonchev–Trinajstić information content (AvgIpc) is 2.48. The molecular weight excluding hydrogens is 240 g/mol. The first-order valence-electron chi connectivity index (χ1n) is 6.42. The van der Waals surface area contributed by atoms with E-state index in [1.54, 1.807) is 0 Å². The van der Waals surface area contributed by atoms with Crippen molar-refractivity contribution >= 4 is 0 Å². The number of ether oxygens (including phenoxy) is 1. The van der Waals surface area contributed by atoms with Crippen molar-refractivity contribution in [2.24, 2.45) is 0 Å². The smallest absolute Gasteiger partial charge is 0.237 e. The molecule has 100 valence electrons. The molecule has 0 aliphatic rings. The summed E-state index contributed by atoms with van der Waals surface area (Å²) in [5.74, 6) is 1.71. The van der Waals surface area contributed by atoms with Crippen LogP contribution in [-0.4, -0.2) is 15.1 Å². The molecule has 0 fully saturated rings. The lowest BCUT2D eigenvalue weighted by molar-refractivity contribution is 0.276. The number of hydrogen-bond acceptors (Lipinski definition) is 4. The van der Waals surface area contributed by atoms with Crippen LogP contribution in [0.1, 0.15) is 37.4 Å². The Labute approximate surface area is 113 Å². The molecule has 1 aromatic carbocycles. The number of aliphatic hydroxyl groups is 1. The molecule has 2 aromatic rings. The summed E-state index contributed by atoms with van der Waals surface area (Å²) in [4.78, 5) is 8.09. The van der Waals surface area contributed by atoms with Crippen molar-refractivity contribution in [3.63, 3.8) is 0 Å². The summed E-state index contributed by atoms with van der Waals surface area (Å²) in [6.45, 7) is 4.26. The van der Waals surface area contributed by atoms with Crippen LogP contribution in [0.2, 0.25) is 0 Å². The van der Waals surface area contributed by atoms with Crippen molar-refractivity contribution in [1.29, 1.82) is 0 Å². The molecular formula is C15H18N2O2. The summed E-state index contributed by atoms with van der Waals surface area (Å²) in [7, 11) is 0. The fourth-order valence-electron chi connectivity index (χ4n) is 1.70. The van der Waals surface area contributed by atoms with Gasteiger partial charge < -0.3 is 9.84 Å². The van der Waals surface area contributed by atoms with Gasteiger partial charge in [0.1, 0.15) is 5.75 Å². The Morgan fingerprint density at radius 2 is 1.89 bits per heavy atom. The summed E-state index contributed by atoms with van der Waals surface area (Å²) >= 11 is 0. The SMILES string of the molecule is CCC(C)c1ccc(Oc2cnc(CO)cn2)cc1. The second-order valence-electron chi connectivity index (χ2n) is 4.48. The van der Waals surface area contributed by atoms with Crippen molar-refractivity contribution in [2.45, 2.75) is 32.8 Å². The summed E-state index contributed by atoms with van der Waals surface area (Å²) in [5.41, 5.74) is 1.83. The lowest BCUT2D eigenvalue weighted by Gasteiger charge is -2.10. The number of aromatic nitrogens is 2. The van der Waals surface area contributed by atoms with Crippen LogP contribution >= 0.6 is 0 Å². The zero-order valence-corrected chi connectivity index (χ0v) is 11.2. The Balaban J connectivity index is 2.06. The highest BCUT2D eigenvalue weighted by atomic mass is 16.5. The van der Waals surface area contributed by atoms with Crippen molar-refractivity contribution in [2.75, 3.05) is 0 Å². The Morgan fingerprint density at radius 3 is 2.42 bits per heavy atom. The predicted octanol–water partition coefficient (Wildman–Crippen LogP) is 3.27. The first-order chi connectivity index (χ1) is 9.22. The van der Waals surface area contributed by atoms with Gasteiger partial charge in [-0.15, -0.1) is 0 Å². The van der Waals surface area contributed by atoms with Gasteiger partial charge in [-0.3, -0.25) is 4.98 Å². The number of nitrogens with zero attached hydrogens (tertiary/aromatic N) is 2. The average molecular weight is 258 g/mol. The highest BCUT2D eigenvalue weighted by molar-refractivity contribution is 5.31. The summed E-state index contributed by atoms with van der Waals surface area (Å²) in [6, 6.07) is 8.00. The van der Waals surface area contributed by atoms with E-state index in [2.05, 4.69) is 35.9 Å². The Bertz CT molecular complexity index is 509. The number of rotatable bonds is 5. The first kappa shape index (κ1) is 13.5. The van der Waals surface area contributed by atoms with Gasteiger partial charge in [-0.05, 0) is 30.0 Å². The number of hydrogen-bond donors (Lipinski definition) is 1. The number of benzene rings is 1. The third kappa shape index (κ3) is 3.51. The molecule has 0 saturated heterocycles. The van der Waals surface area contributed by atoms with Gasteiger partial charge in [0.2, 0.25) is 5.88 Å². The molecule has 0 radical (unpaired) electrons. The normalized spacial score (nSPS) is 12.2. The molecule has 1 unspecified atom stereocenters. The summed E-state index contributed by atoms with van der Waals surface area (Å²) in [5, 5.41) is 8.88. The monoisotopic (exact) mass is 258 g/mol. The maximum Gasteiger partial charge on any atom is 0.237 e. The Morgan fingerprint density at radius 1 is 1.16 bits per heavy atom. The maximum absolute atomic E-state index is 8.88. The lowest BCUT2D eigenvalue weighted by atomic mass is 9.99. The fourth-order valence-corrected chi connectivity index (χ4v) is 1.70. The van der Waals surface area contributed by atoms with Crippen LogP contribution < -0.4 is 4.74 Å². The van der Waals surface area contributed by atoms with Gasteiger partial charge in [0, 0.05) is 0 Å². The van der Waals surface area contributed by atoms with E-state index in [4.69, 9.17) is 9.84 Å². The van der Waals surface area contributed by atoms with Gasteiger partial charge in [0.15, 0.2) is 0 Å². The molecule has 1 aromatic heterocycles. The maximum atomic E-state index is 8.88. The number of aliphatic hydroxyl groups excluding tert-OH is 1. The molecule has 2 rings (SSSR count). The van der Waals surface area contributed by atoms with Crippen LogP contribution in [-0.2, 0) is 6.61 Å². The minimum Gasteiger partial charge on any atom is -0.438 e. The van der Waals surface area contributed by atoms with E-state index in [1.807, 2.05) is 12.1 Å². The topological polar surface area (TPSA) is 55.2 Å².